The molecule has 23 heavy (non-hydrogen) atoms. The highest BCUT2D eigenvalue weighted by Crippen LogP contribution is 2.35. The molecule has 1 aliphatic heterocycles. The van der Waals surface area contributed by atoms with Gasteiger partial charge in [0, 0.05) is 30.6 Å². The van der Waals surface area contributed by atoms with Gasteiger partial charge in [-0.25, -0.2) is 0 Å². The van der Waals surface area contributed by atoms with Crippen LogP contribution in [0.2, 0.25) is 0 Å². The summed E-state index contributed by atoms with van der Waals surface area (Å²) in [5.74, 6) is 0.274. The molecule has 2 aromatic heterocycles. The van der Waals surface area contributed by atoms with Crippen LogP contribution in [0.5, 0.6) is 0 Å². The quantitative estimate of drug-likeness (QED) is 0.859. The fourth-order valence-electron chi connectivity index (χ4n) is 3.69. The number of rotatable bonds is 4. The third kappa shape index (κ3) is 2.94. The summed E-state index contributed by atoms with van der Waals surface area (Å²) in [4.78, 5) is 16.4. The van der Waals surface area contributed by atoms with Gasteiger partial charge >= 0.3 is 0 Å². The number of thiophene rings is 1. The lowest BCUT2D eigenvalue weighted by atomic mass is 9.97. The maximum Gasteiger partial charge on any atom is 0.223 e. The largest absolute Gasteiger partial charge is 0.335 e. The molecular weight excluding hydrogens is 306 g/mol. The molecule has 0 N–H and O–H groups in total. The Balaban J connectivity index is 1.71. The Hall–Kier alpha value is -1.62. The zero-order valence-electron chi connectivity index (χ0n) is 14.4. The predicted octanol–water partition coefficient (Wildman–Crippen LogP) is 3.57. The van der Waals surface area contributed by atoms with E-state index in [1.165, 1.54) is 21.7 Å². The highest BCUT2D eigenvalue weighted by Gasteiger charge is 2.30. The van der Waals surface area contributed by atoms with Crippen LogP contribution in [0.15, 0.2) is 11.4 Å². The molecule has 0 radical (unpaired) electrons. The van der Waals surface area contributed by atoms with E-state index in [1.807, 2.05) is 30.0 Å². The Morgan fingerprint density at radius 3 is 2.87 bits per heavy atom. The van der Waals surface area contributed by atoms with Gasteiger partial charge in [0.05, 0.1) is 11.7 Å². The minimum absolute atomic E-state index is 0.258. The number of carbonyl (C=O) groups excluding carboxylic acids is 1. The minimum atomic E-state index is 0.258. The molecule has 0 saturated carbocycles. The zero-order valence-corrected chi connectivity index (χ0v) is 15.2. The smallest absolute Gasteiger partial charge is 0.223 e. The van der Waals surface area contributed by atoms with Gasteiger partial charge in [-0.1, -0.05) is 6.92 Å². The van der Waals surface area contributed by atoms with Crippen molar-refractivity contribution in [2.45, 2.75) is 52.5 Å². The summed E-state index contributed by atoms with van der Waals surface area (Å²) >= 11 is 1.83. The first-order valence-corrected chi connectivity index (χ1v) is 9.25. The summed E-state index contributed by atoms with van der Waals surface area (Å²) in [5, 5.41) is 6.60. The number of aryl methyl sites for hydroxylation is 2. The summed E-state index contributed by atoms with van der Waals surface area (Å²) in [6.45, 7) is 7.14. The van der Waals surface area contributed by atoms with Crippen LogP contribution in [0.1, 0.15) is 53.2 Å². The van der Waals surface area contributed by atoms with Crippen molar-refractivity contribution >= 4 is 17.2 Å². The number of hydrogen-bond acceptors (Lipinski definition) is 3. The van der Waals surface area contributed by atoms with Crippen molar-refractivity contribution in [2.24, 2.45) is 7.05 Å². The highest BCUT2D eigenvalue weighted by molar-refractivity contribution is 7.10. The van der Waals surface area contributed by atoms with Gasteiger partial charge < -0.3 is 4.90 Å². The van der Waals surface area contributed by atoms with Gasteiger partial charge in [-0.05, 0) is 55.7 Å². The first kappa shape index (κ1) is 16.2. The SMILES string of the molecule is CC[C@H]1c2ccsc2CCN1C(=O)CCc1c(C)nn(C)c1C. The molecule has 0 aromatic carbocycles. The summed E-state index contributed by atoms with van der Waals surface area (Å²) in [6.07, 6.45) is 3.34. The van der Waals surface area contributed by atoms with E-state index >= 15 is 0 Å². The third-order valence-corrected chi connectivity index (χ3v) is 6.05. The molecule has 1 amide bonds. The van der Waals surface area contributed by atoms with Gasteiger partial charge in [-0.2, -0.15) is 5.10 Å². The molecule has 0 fully saturated rings. The van der Waals surface area contributed by atoms with Crippen molar-refractivity contribution in [3.8, 4) is 0 Å². The Morgan fingerprint density at radius 1 is 1.43 bits per heavy atom. The van der Waals surface area contributed by atoms with Crippen molar-refractivity contribution in [1.29, 1.82) is 0 Å². The highest BCUT2D eigenvalue weighted by atomic mass is 32.1. The summed E-state index contributed by atoms with van der Waals surface area (Å²) in [7, 11) is 1.96. The van der Waals surface area contributed by atoms with E-state index in [0.717, 1.165) is 31.5 Å². The molecule has 0 saturated heterocycles. The molecule has 2 aromatic rings. The van der Waals surface area contributed by atoms with Crippen LogP contribution in [0.3, 0.4) is 0 Å². The lowest BCUT2D eigenvalue weighted by Crippen LogP contribution is -2.39. The number of hydrogen-bond donors (Lipinski definition) is 0. The van der Waals surface area contributed by atoms with E-state index in [0.29, 0.717) is 6.42 Å². The van der Waals surface area contributed by atoms with Crippen LogP contribution >= 0.6 is 11.3 Å². The van der Waals surface area contributed by atoms with Gasteiger partial charge in [0.1, 0.15) is 0 Å². The number of amides is 1. The second-order valence-corrected chi connectivity index (χ2v) is 7.33. The van der Waals surface area contributed by atoms with Crippen LogP contribution in [-0.2, 0) is 24.7 Å². The molecular formula is C18H25N3OS. The van der Waals surface area contributed by atoms with Gasteiger partial charge in [0.2, 0.25) is 5.91 Å². The summed E-state index contributed by atoms with van der Waals surface area (Å²) in [6, 6.07) is 2.46. The second kappa shape index (κ2) is 6.48. The summed E-state index contributed by atoms with van der Waals surface area (Å²) < 4.78 is 1.91. The maximum atomic E-state index is 12.8. The molecule has 0 unspecified atom stereocenters. The van der Waals surface area contributed by atoms with Gasteiger partial charge in [0.15, 0.2) is 0 Å². The lowest BCUT2D eigenvalue weighted by Gasteiger charge is -2.35. The number of fused-ring (bicyclic) bond motifs is 1. The van der Waals surface area contributed by atoms with Gasteiger partial charge in [0.25, 0.3) is 0 Å². The van der Waals surface area contributed by atoms with Crippen molar-refractivity contribution in [3.05, 3.63) is 38.8 Å². The number of nitrogens with zero attached hydrogens (tertiary/aromatic N) is 3. The van der Waals surface area contributed by atoms with Crippen LogP contribution in [0.25, 0.3) is 0 Å². The fraction of sp³-hybridized carbons (Fsp3) is 0.556. The summed E-state index contributed by atoms with van der Waals surface area (Å²) in [5.41, 5.74) is 4.80. The van der Waals surface area contributed by atoms with Gasteiger partial charge in [-0.15, -0.1) is 11.3 Å². The van der Waals surface area contributed by atoms with Crippen molar-refractivity contribution in [3.63, 3.8) is 0 Å². The molecule has 0 bridgehead atoms. The molecule has 124 valence electrons. The van der Waals surface area contributed by atoms with E-state index in [-0.39, 0.29) is 11.9 Å². The van der Waals surface area contributed by atoms with E-state index in [9.17, 15) is 4.79 Å². The monoisotopic (exact) mass is 331 g/mol. The average Bonchev–Trinajstić information content (AvgIpc) is 3.10. The van der Waals surface area contributed by atoms with Crippen molar-refractivity contribution in [2.75, 3.05) is 6.54 Å². The topological polar surface area (TPSA) is 38.1 Å². The normalized spacial score (nSPS) is 17.4. The van der Waals surface area contributed by atoms with Gasteiger partial charge in [-0.3, -0.25) is 9.48 Å². The molecule has 4 nitrogen and oxygen atoms in total. The second-order valence-electron chi connectivity index (χ2n) is 6.33. The Kier molecular flexibility index (Phi) is 4.57. The first-order chi connectivity index (χ1) is 11.0. The average molecular weight is 331 g/mol. The maximum absolute atomic E-state index is 12.8. The molecule has 0 aliphatic carbocycles. The molecule has 1 atom stereocenters. The zero-order chi connectivity index (χ0) is 16.6. The van der Waals surface area contributed by atoms with E-state index in [1.54, 1.807) is 0 Å². The molecule has 3 rings (SSSR count). The van der Waals surface area contributed by atoms with E-state index in [2.05, 4.69) is 35.3 Å². The third-order valence-electron chi connectivity index (χ3n) is 5.05. The van der Waals surface area contributed by atoms with Crippen LogP contribution in [0, 0.1) is 13.8 Å². The van der Waals surface area contributed by atoms with Crippen LogP contribution in [-0.4, -0.2) is 27.1 Å². The number of aromatic nitrogens is 2. The predicted molar refractivity (Wildman–Crippen MR) is 93.8 cm³/mol. The van der Waals surface area contributed by atoms with E-state index < -0.39 is 0 Å². The molecule has 3 heterocycles. The minimum Gasteiger partial charge on any atom is -0.335 e. The van der Waals surface area contributed by atoms with Crippen LogP contribution < -0.4 is 0 Å². The lowest BCUT2D eigenvalue weighted by molar-refractivity contribution is -0.134. The van der Waals surface area contributed by atoms with Crippen molar-refractivity contribution < 1.29 is 4.79 Å². The van der Waals surface area contributed by atoms with Crippen molar-refractivity contribution in [1.82, 2.24) is 14.7 Å². The number of carbonyl (C=O) groups is 1. The molecule has 1 aliphatic rings. The Morgan fingerprint density at radius 2 is 2.22 bits per heavy atom. The Bertz CT molecular complexity index is 716. The molecule has 5 heteroatoms. The van der Waals surface area contributed by atoms with E-state index in [4.69, 9.17) is 0 Å². The Labute approximate surface area is 142 Å². The first-order valence-electron chi connectivity index (χ1n) is 8.37. The standard InChI is InChI=1S/C18H25N3OS/c1-5-16-15-9-11-23-17(15)8-10-21(16)18(22)7-6-14-12(2)19-20(4)13(14)3/h9,11,16H,5-8,10H2,1-4H3/t16-/m0/s1. The van der Waals surface area contributed by atoms with Crippen LogP contribution in [0.4, 0.5) is 0 Å². The molecule has 0 spiro atoms. The fourth-order valence-corrected chi connectivity index (χ4v) is 4.62.